The number of nitrogens with one attached hydrogen (secondary N) is 1. The van der Waals surface area contributed by atoms with Crippen molar-refractivity contribution < 1.29 is 4.79 Å². The summed E-state index contributed by atoms with van der Waals surface area (Å²) in [4.78, 5) is 14.6. The van der Waals surface area contributed by atoms with Crippen molar-refractivity contribution in [3.8, 4) is 0 Å². The number of nitrogens with zero attached hydrogens (tertiary/aromatic N) is 1. The number of rotatable bonds is 5. The second-order valence-corrected chi connectivity index (χ2v) is 7.33. The summed E-state index contributed by atoms with van der Waals surface area (Å²) in [6.07, 6.45) is 7.33. The number of likely N-dealkylation sites (tertiary alicyclic amines) is 1. The number of hydrogen-bond acceptors (Lipinski definition) is 2. The number of anilines is 1. The van der Waals surface area contributed by atoms with E-state index in [2.05, 4.69) is 38.3 Å². The number of benzene rings is 2. The fourth-order valence-corrected chi connectivity index (χ4v) is 3.45. The Bertz CT molecular complexity index is 734. The Morgan fingerprint density at radius 2 is 1.84 bits per heavy atom. The van der Waals surface area contributed by atoms with Gasteiger partial charge in [-0.25, -0.2) is 0 Å². The van der Waals surface area contributed by atoms with Gasteiger partial charge in [-0.15, -0.1) is 0 Å². The molecule has 0 aliphatic carbocycles. The molecule has 2 aromatic rings. The molecule has 1 aliphatic rings. The van der Waals surface area contributed by atoms with Crippen LogP contribution in [-0.4, -0.2) is 23.9 Å². The van der Waals surface area contributed by atoms with Gasteiger partial charge in [0.1, 0.15) is 0 Å². The maximum Gasteiger partial charge on any atom is 0.248 e. The molecular formula is C21H23BrN2O. The zero-order valence-corrected chi connectivity index (χ0v) is 15.8. The van der Waals surface area contributed by atoms with E-state index in [0.29, 0.717) is 0 Å². The summed E-state index contributed by atoms with van der Waals surface area (Å²) in [6.45, 7) is 3.38. The molecule has 0 saturated carbocycles. The highest BCUT2D eigenvalue weighted by Gasteiger charge is 2.10. The van der Waals surface area contributed by atoms with E-state index in [1.54, 1.807) is 6.08 Å². The van der Waals surface area contributed by atoms with E-state index in [9.17, 15) is 4.79 Å². The van der Waals surface area contributed by atoms with E-state index in [-0.39, 0.29) is 5.91 Å². The van der Waals surface area contributed by atoms with E-state index in [1.807, 2.05) is 42.5 Å². The van der Waals surface area contributed by atoms with E-state index in [1.165, 1.54) is 37.9 Å². The van der Waals surface area contributed by atoms with Crippen LogP contribution in [0.4, 0.5) is 5.69 Å². The van der Waals surface area contributed by atoms with E-state index in [4.69, 9.17) is 0 Å². The summed E-state index contributed by atoms with van der Waals surface area (Å²) >= 11 is 3.43. The highest BCUT2D eigenvalue weighted by Crippen LogP contribution is 2.16. The Labute approximate surface area is 157 Å². The first kappa shape index (κ1) is 17.9. The van der Waals surface area contributed by atoms with Crippen LogP contribution in [0.1, 0.15) is 30.4 Å². The molecule has 1 aliphatic heterocycles. The number of amides is 1. The van der Waals surface area contributed by atoms with Crippen LogP contribution in [0.5, 0.6) is 0 Å². The zero-order valence-electron chi connectivity index (χ0n) is 14.2. The highest BCUT2D eigenvalue weighted by atomic mass is 79.9. The molecule has 1 heterocycles. The Balaban J connectivity index is 1.52. The van der Waals surface area contributed by atoms with Crippen molar-refractivity contribution in [1.82, 2.24) is 4.90 Å². The van der Waals surface area contributed by atoms with Gasteiger partial charge in [0.2, 0.25) is 5.91 Å². The van der Waals surface area contributed by atoms with Crippen LogP contribution in [0.3, 0.4) is 0 Å². The lowest BCUT2D eigenvalue weighted by Crippen LogP contribution is -2.29. The molecule has 0 aromatic heterocycles. The first-order valence-corrected chi connectivity index (χ1v) is 9.54. The monoisotopic (exact) mass is 398 g/mol. The largest absolute Gasteiger partial charge is 0.323 e. The fourth-order valence-electron chi connectivity index (χ4n) is 3.04. The molecule has 3 rings (SSSR count). The highest BCUT2D eigenvalue weighted by molar-refractivity contribution is 9.10. The third-order valence-corrected chi connectivity index (χ3v) is 4.85. The lowest BCUT2D eigenvalue weighted by Gasteiger charge is -2.26. The van der Waals surface area contributed by atoms with Crippen LogP contribution in [0.15, 0.2) is 59.1 Å². The summed E-state index contributed by atoms with van der Waals surface area (Å²) in [6, 6.07) is 16.0. The fraction of sp³-hybridized carbons (Fsp3) is 0.286. The maximum atomic E-state index is 12.1. The molecule has 25 heavy (non-hydrogen) atoms. The van der Waals surface area contributed by atoms with Crippen molar-refractivity contribution >= 4 is 33.6 Å². The number of piperidine rings is 1. The van der Waals surface area contributed by atoms with Gasteiger partial charge < -0.3 is 5.32 Å². The predicted molar refractivity (Wildman–Crippen MR) is 107 cm³/mol. The Morgan fingerprint density at radius 1 is 1.08 bits per heavy atom. The molecule has 0 bridgehead atoms. The summed E-state index contributed by atoms with van der Waals surface area (Å²) in [5, 5.41) is 2.91. The van der Waals surface area contributed by atoms with Crippen LogP contribution in [0.2, 0.25) is 0 Å². The molecule has 3 nitrogen and oxygen atoms in total. The summed E-state index contributed by atoms with van der Waals surface area (Å²) < 4.78 is 0.999. The van der Waals surface area contributed by atoms with E-state index in [0.717, 1.165) is 22.3 Å². The minimum Gasteiger partial charge on any atom is -0.323 e. The van der Waals surface area contributed by atoms with Crippen LogP contribution in [-0.2, 0) is 11.3 Å². The van der Waals surface area contributed by atoms with Crippen LogP contribution < -0.4 is 5.32 Å². The zero-order chi connectivity index (χ0) is 17.5. The van der Waals surface area contributed by atoms with Crippen molar-refractivity contribution in [2.24, 2.45) is 0 Å². The van der Waals surface area contributed by atoms with Crippen molar-refractivity contribution in [2.45, 2.75) is 25.8 Å². The predicted octanol–water partition coefficient (Wildman–Crippen LogP) is 5.09. The van der Waals surface area contributed by atoms with Gasteiger partial charge in [-0.2, -0.15) is 0 Å². The number of hydrogen-bond donors (Lipinski definition) is 1. The SMILES string of the molecule is O=C(C=Cc1cccc(Br)c1)Nc1ccc(CN2CCCCC2)cc1. The van der Waals surface area contributed by atoms with Gasteiger partial charge in [-0.1, -0.05) is 46.6 Å². The average Bonchev–Trinajstić information content (AvgIpc) is 2.63. The van der Waals surface area contributed by atoms with Gasteiger partial charge in [-0.3, -0.25) is 9.69 Å². The minimum absolute atomic E-state index is 0.122. The van der Waals surface area contributed by atoms with E-state index >= 15 is 0 Å². The molecule has 1 saturated heterocycles. The Morgan fingerprint density at radius 3 is 2.56 bits per heavy atom. The molecule has 0 unspecified atom stereocenters. The summed E-state index contributed by atoms with van der Waals surface area (Å²) in [7, 11) is 0. The quantitative estimate of drug-likeness (QED) is 0.711. The molecule has 1 fully saturated rings. The van der Waals surface area contributed by atoms with Gasteiger partial charge in [0.15, 0.2) is 0 Å². The van der Waals surface area contributed by atoms with Crippen molar-refractivity contribution in [1.29, 1.82) is 0 Å². The van der Waals surface area contributed by atoms with Crippen molar-refractivity contribution in [3.63, 3.8) is 0 Å². The molecule has 4 heteroatoms. The number of carbonyl (C=O) groups excluding carboxylic acids is 1. The minimum atomic E-state index is -0.122. The van der Waals surface area contributed by atoms with Crippen molar-refractivity contribution in [2.75, 3.05) is 18.4 Å². The van der Waals surface area contributed by atoms with Gasteiger partial charge in [-0.05, 0) is 67.4 Å². The molecule has 130 valence electrons. The topological polar surface area (TPSA) is 32.3 Å². The molecule has 1 amide bonds. The Kier molecular flexibility index (Phi) is 6.42. The third-order valence-electron chi connectivity index (χ3n) is 4.35. The van der Waals surface area contributed by atoms with Crippen molar-refractivity contribution in [3.05, 3.63) is 70.2 Å². The molecule has 2 aromatic carbocycles. The smallest absolute Gasteiger partial charge is 0.248 e. The van der Waals surface area contributed by atoms with Crippen LogP contribution in [0.25, 0.3) is 6.08 Å². The number of carbonyl (C=O) groups is 1. The van der Waals surface area contributed by atoms with Crippen LogP contribution in [0, 0.1) is 0 Å². The second-order valence-electron chi connectivity index (χ2n) is 6.41. The van der Waals surface area contributed by atoms with E-state index < -0.39 is 0 Å². The molecule has 1 N–H and O–H groups in total. The molecule has 0 radical (unpaired) electrons. The molecular weight excluding hydrogens is 376 g/mol. The first-order chi connectivity index (χ1) is 12.2. The van der Waals surface area contributed by atoms with Crippen LogP contribution >= 0.6 is 15.9 Å². The number of halogens is 1. The third kappa shape index (κ3) is 5.83. The Hall–Kier alpha value is -1.91. The summed E-state index contributed by atoms with van der Waals surface area (Å²) in [5.74, 6) is -0.122. The second kappa shape index (κ2) is 8.97. The van der Waals surface area contributed by atoms with Gasteiger partial charge >= 0.3 is 0 Å². The first-order valence-electron chi connectivity index (χ1n) is 8.75. The van der Waals surface area contributed by atoms with Gasteiger partial charge in [0.05, 0.1) is 0 Å². The normalized spacial score (nSPS) is 15.4. The lowest BCUT2D eigenvalue weighted by molar-refractivity contribution is -0.111. The van der Waals surface area contributed by atoms with Gasteiger partial charge in [0, 0.05) is 22.8 Å². The molecule has 0 spiro atoms. The lowest BCUT2D eigenvalue weighted by atomic mass is 10.1. The molecule has 0 atom stereocenters. The maximum absolute atomic E-state index is 12.1. The standard InChI is InChI=1S/C21H23BrN2O/c22-19-6-4-5-17(15-19)9-12-21(25)23-20-10-7-18(8-11-20)16-24-13-2-1-3-14-24/h4-12,15H,1-3,13-14,16H2,(H,23,25). The average molecular weight is 399 g/mol. The summed E-state index contributed by atoms with van der Waals surface area (Å²) in [5.41, 5.74) is 3.11. The van der Waals surface area contributed by atoms with Gasteiger partial charge in [0.25, 0.3) is 0 Å².